The number of hydrogen-bond acceptors (Lipinski definition) is 5. The standard InChI is InChI=1S/C17H30FN3O5/c1-3-5-7-12(14(18)16(24)20-26)17(25)21-9-6-8-13(21)15(23)19-10-11(22)4-2/h11-14,22,26H,3-10H2,1-2H3,(H,19,23)(H,20,24)/t11?,12-,13+,14+/m1/s1. The maximum absolute atomic E-state index is 14.4. The summed E-state index contributed by atoms with van der Waals surface area (Å²) in [5.41, 5.74) is 1.25. The summed E-state index contributed by atoms with van der Waals surface area (Å²) in [5.74, 6) is -3.48. The molecular weight excluding hydrogens is 345 g/mol. The second-order valence-electron chi connectivity index (χ2n) is 6.62. The molecule has 1 fully saturated rings. The minimum Gasteiger partial charge on any atom is -0.391 e. The van der Waals surface area contributed by atoms with Crippen molar-refractivity contribution in [2.75, 3.05) is 13.1 Å². The van der Waals surface area contributed by atoms with E-state index in [9.17, 15) is 23.9 Å². The number of halogens is 1. The van der Waals surface area contributed by atoms with Gasteiger partial charge in [0.2, 0.25) is 11.8 Å². The zero-order chi connectivity index (χ0) is 19.7. The van der Waals surface area contributed by atoms with Gasteiger partial charge in [-0.1, -0.05) is 26.7 Å². The van der Waals surface area contributed by atoms with Crippen molar-refractivity contribution < 1.29 is 29.1 Å². The fraction of sp³-hybridized carbons (Fsp3) is 0.824. The second kappa shape index (κ2) is 11.1. The third kappa shape index (κ3) is 5.91. The summed E-state index contributed by atoms with van der Waals surface area (Å²) in [5, 5.41) is 20.8. The predicted octanol–water partition coefficient (Wildman–Crippen LogP) is 0.514. The second-order valence-corrected chi connectivity index (χ2v) is 6.62. The number of rotatable bonds is 10. The molecule has 26 heavy (non-hydrogen) atoms. The van der Waals surface area contributed by atoms with Crippen molar-refractivity contribution in [3.05, 3.63) is 0 Å². The summed E-state index contributed by atoms with van der Waals surface area (Å²) in [6, 6.07) is -0.736. The van der Waals surface area contributed by atoms with E-state index in [-0.39, 0.29) is 18.9 Å². The number of hydrogen-bond donors (Lipinski definition) is 4. The van der Waals surface area contributed by atoms with Crippen LogP contribution >= 0.6 is 0 Å². The molecular formula is C17H30FN3O5. The van der Waals surface area contributed by atoms with Gasteiger partial charge in [-0.05, 0) is 25.7 Å². The third-order valence-corrected chi connectivity index (χ3v) is 4.72. The zero-order valence-corrected chi connectivity index (χ0v) is 15.4. The fourth-order valence-corrected chi connectivity index (χ4v) is 3.06. The highest BCUT2D eigenvalue weighted by molar-refractivity contribution is 5.92. The first-order valence-electron chi connectivity index (χ1n) is 9.21. The Hall–Kier alpha value is -1.74. The molecule has 1 aliphatic heterocycles. The van der Waals surface area contributed by atoms with Crippen LogP contribution in [0.25, 0.3) is 0 Å². The van der Waals surface area contributed by atoms with E-state index in [4.69, 9.17) is 5.21 Å². The number of unbranched alkanes of at least 4 members (excludes halogenated alkanes) is 1. The molecule has 1 unspecified atom stereocenters. The Morgan fingerprint density at radius 2 is 2.00 bits per heavy atom. The maximum atomic E-state index is 14.4. The summed E-state index contributed by atoms with van der Waals surface area (Å²) in [4.78, 5) is 37.9. The van der Waals surface area contributed by atoms with Gasteiger partial charge in [-0.25, -0.2) is 9.87 Å². The number of likely N-dealkylation sites (tertiary alicyclic amines) is 1. The van der Waals surface area contributed by atoms with Crippen molar-refractivity contribution >= 4 is 17.7 Å². The van der Waals surface area contributed by atoms with Crippen LogP contribution in [0.2, 0.25) is 0 Å². The molecule has 1 rings (SSSR count). The van der Waals surface area contributed by atoms with Crippen molar-refractivity contribution in [3.8, 4) is 0 Å². The average Bonchev–Trinajstić information content (AvgIpc) is 3.14. The highest BCUT2D eigenvalue weighted by Crippen LogP contribution is 2.25. The smallest absolute Gasteiger partial charge is 0.278 e. The molecule has 0 aromatic carbocycles. The quantitative estimate of drug-likeness (QED) is 0.328. The number of alkyl halides is 1. The van der Waals surface area contributed by atoms with E-state index in [0.717, 1.165) is 6.42 Å². The van der Waals surface area contributed by atoms with Crippen LogP contribution in [0.5, 0.6) is 0 Å². The lowest BCUT2D eigenvalue weighted by atomic mass is 9.94. The number of amides is 3. The maximum Gasteiger partial charge on any atom is 0.278 e. The number of aliphatic hydroxyl groups excluding tert-OH is 1. The fourth-order valence-electron chi connectivity index (χ4n) is 3.06. The number of aliphatic hydroxyl groups is 1. The predicted molar refractivity (Wildman–Crippen MR) is 91.9 cm³/mol. The molecule has 1 heterocycles. The molecule has 0 radical (unpaired) electrons. The number of nitrogens with one attached hydrogen (secondary N) is 2. The summed E-state index contributed by atoms with van der Waals surface area (Å²) >= 11 is 0. The minimum atomic E-state index is -2.18. The van der Waals surface area contributed by atoms with E-state index in [2.05, 4.69) is 5.32 Å². The lowest BCUT2D eigenvalue weighted by molar-refractivity contribution is -0.149. The Morgan fingerprint density at radius 3 is 2.58 bits per heavy atom. The molecule has 1 aliphatic rings. The van der Waals surface area contributed by atoms with E-state index in [1.54, 1.807) is 6.92 Å². The van der Waals surface area contributed by atoms with Gasteiger partial charge < -0.3 is 15.3 Å². The van der Waals surface area contributed by atoms with E-state index in [0.29, 0.717) is 32.2 Å². The van der Waals surface area contributed by atoms with Gasteiger partial charge in [0, 0.05) is 13.1 Å². The molecule has 0 spiro atoms. The van der Waals surface area contributed by atoms with Crippen LogP contribution in [0.1, 0.15) is 52.4 Å². The topological polar surface area (TPSA) is 119 Å². The van der Waals surface area contributed by atoms with Gasteiger partial charge in [-0.15, -0.1) is 0 Å². The molecule has 1 saturated heterocycles. The molecule has 0 aliphatic carbocycles. The first-order valence-corrected chi connectivity index (χ1v) is 9.21. The van der Waals surface area contributed by atoms with Gasteiger partial charge in [-0.2, -0.15) is 0 Å². The number of carbonyl (C=O) groups is 3. The molecule has 0 bridgehead atoms. The molecule has 4 N–H and O–H groups in total. The lowest BCUT2D eigenvalue weighted by Gasteiger charge is -2.29. The third-order valence-electron chi connectivity index (χ3n) is 4.72. The SMILES string of the molecule is CCCC[C@@H](C(=O)N1CCC[C@H]1C(=O)NCC(O)CC)[C@H](F)C(=O)NO. The number of hydroxylamine groups is 1. The molecule has 9 heteroatoms. The number of carbonyl (C=O) groups excluding carboxylic acids is 3. The van der Waals surface area contributed by atoms with Crippen LogP contribution in [-0.2, 0) is 14.4 Å². The Bertz CT molecular complexity index is 491. The van der Waals surface area contributed by atoms with Crippen molar-refractivity contribution in [1.29, 1.82) is 0 Å². The summed E-state index contributed by atoms with van der Waals surface area (Å²) in [7, 11) is 0. The van der Waals surface area contributed by atoms with Gasteiger partial charge >= 0.3 is 0 Å². The molecule has 4 atom stereocenters. The van der Waals surface area contributed by atoms with E-state index >= 15 is 0 Å². The van der Waals surface area contributed by atoms with Crippen LogP contribution in [0.3, 0.4) is 0 Å². The lowest BCUT2D eigenvalue weighted by Crippen LogP contribution is -2.51. The first kappa shape index (κ1) is 22.3. The van der Waals surface area contributed by atoms with Gasteiger partial charge in [0.15, 0.2) is 6.17 Å². The van der Waals surface area contributed by atoms with Crippen molar-refractivity contribution in [2.24, 2.45) is 5.92 Å². The summed E-state index contributed by atoms with van der Waals surface area (Å²) in [6.45, 7) is 4.06. The van der Waals surface area contributed by atoms with Gasteiger partial charge in [0.25, 0.3) is 5.91 Å². The molecule has 3 amide bonds. The van der Waals surface area contributed by atoms with Gasteiger partial charge in [0.1, 0.15) is 6.04 Å². The highest BCUT2D eigenvalue weighted by atomic mass is 19.1. The summed E-state index contributed by atoms with van der Waals surface area (Å²) < 4.78 is 14.4. The molecule has 150 valence electrons. The van der Waals surface area contributed by atoms with E-state index in [1.165, 1.54) is 10.4 Å². The van der Waals surface area contributed by atoms with Crippen LogP contribution in [0.4, 0.5) is 4.39 Å². The Morgan fingerprint density at radius 1 is 1.31 bits per heavy atom. The molecule has 0 aromatic heterocycles. The van der Waals surface area contributed by atoms with Gasteiger partial charge in [0.05, 0.1) is 12.0 Å². The molecule has 0 aromatic rings. The van der Waals surface area contributed by atoms with E-state index in [1.807, 2.05) is 6.92 Å². The average molecular weight is 375 g/mol. The molecule has 8 nitrogen and oxygen atoms in total. The monoisotopic (exact) mass is 375 g/mol. The number of nitrogens with zero attached hydrogens (tertiary/aromatic N) is 1. The first-order chi connectivity index (χ1) is 12.4. The largest absolute Gasteiger partial charge is 0.391 e. The Labute approximate surface area is 153 Å². The van der Waals surface area contributed by atoms with Crippen LogP contribution in [0.15, 0.2) is 0 Å². The molecule has 0 saturated carbocycles. The van der Waals surface area contributed by atoms with Crippen molar-refractivity contribution in [1.82, 2.24) is 15.7 Å². The van der Waals surface area contributed by atoms with Crippen molar-refractivity contribution in [2.45, 2.75) is 70.7 Å². The Balaban J connectivity index is 2.84. The van der Waals surface area contributed by atoms with E-state index < -0.39 is 36.0 Å². The van der Waals surface area contributed by atoms with Crippen molar-refractivity contribution in [3.63, 3.8) is 0 Å². The van der Waals surface area contributed by atoms with Gasteiger partial charge in [-0.3, -0.25) is 19.6 Å². The Kier molecular flexibility index (Phi) is 9.50. The highest BCUT2D eigenvalue weighted by Gasteiger charge is 2.41. The zero-order valence-electron chi connectivity index (χ0n) is 15.4. The van der Waals surface area contributed by atoms with Crippen LogP contribution in [-0.4, -0.2) is 64.3 Å². The van der Waals surface area contributed by atoms with Crippen LogP contribution in [0, 0.1) is 5.92 Å². The minimum absolute atomic E-state index is 0.0891. The summed E-state index contributed by atoms with van der Waals surface area (Å²) in [6.07, 6.45) is 0.123. The van der Waals surface area contributed by atoms with Crippen LogP contribution < -0.4 is 10.8 Å². The normalized spacial score (nSPS) is 20.3.